The number of methoxy groups -OCH3 is 1. The van der Waals surface area contributed by atoms with Gasteiger partial charge in [0.15, 0.2) is 6.29 Å². The van der Waals surface area contributed by atoms with Crippen molar-refractivity contribution in [3.8, 4) is 11.5 Å². The zero-order chi connectivity index (χ0) is 14.4. The van der Waals surface area contributed by atoms with Crippen LogP contribution in [0.1, 0.15) is 40.7 Å². The molecule has 1 aromatic rings. The maximum absolute atomic E-state index is 10.9. The van der Waals surface area contributed by atoms with E-state index in [1.165, 1.54) is 13.2 Å². The minimum absolute atomic E-state index is 0.0872. The molecule has 0 fully saturated rings. The first-order valence-electron chi connectivity index (χ1n) is 6.07. The van der Waals surface area contributed by atoms with Gasteiger partial charge in [0.2, 0.25) is 0 Å². The fourth-order valence-corrected chi connectivity index (χ4v) is 1.89. The second-order valence-electron chi connectivity index (χ2n) is 4.34. The number of hydrogen-bond acceptors (Lipinski definition) is 5. The van der Waals surface area contributed by atoms with E-state index >= 15 is 0 Å². The molecule has 0 saturated heterocycles. The number of ether oxygens (including phenoxy) is 1. The van der Waals surface area contributed by atoms with Gasteiger partial charge in [-0.1, -0.05) is 0 Å². The fraction of sp³-hybridized carbons (Fsp3) is 0.429. The molecule has 5 nitrogen and oxygen atoms in total. The van der Waals surface area contributed by atoms with Gasteiger partial charge in [0, 0.05) is 6.42 Å². The van der Waals surface area contributed by atoms with Crippen LogP contribution in [-0.4, -0.2) is 29.6 Å². The molecule has 0 aliphatic carbocycles. The lowest BCUT2D eigenvalue weighted by Gasteiger charge is -2.11. The average Bonchev–Trinajstić information content (AvgIpc) is 2.40. The number of rotatable bonds is 6. The van der Waals surface area contributed by atoms with Crippen molar-refractivity contribution in [1.82, 2.24) is 0 Å². The molecule has 0 saturated carbocycles. The third kappa shape index (κ3) is 3.71. The summed E-state index contributed by atoms with van der Waals surface area (Å²) < 4.78 is 4.54. The van der Waals surface area contributed by atoms with Gasteiger partial charge in [-0.3, -0.25) is 9.59 Å². The van der Waals surface area contributed by atoms with Gasteiger partial charge in [0.05, 0.1) is 12.7 Å². The highest BCUT2D eigenvalue weighted by Gasteiger charge is 2.13. The number of phenolic OH excluding ortho intramolecular Hbond substituents is 2. The number of aromatic hydroxyl groups is 2. The van der Waals surface area contributed by atoms with Crippen LogP contribution < -0.4 is 0 Å². The van der Waals surface area contributed by atoms with Crippen LogP contribution in [0.15, 0.2) is 6.07 Å². The number of carbonyl (C=O) groups excluding carboxylic acids is 2. The Balaban J connectivity index is 2.69. The van der Waals surface area contributed by atoms with Gasteiger partial charge in [-0.15, -0.1) is 0 Å². The lowest BCUT2D eigenvalue weighted by Crippen LogP contribution is -2.00. The largest absolute Gasteiger partial charge is 0.507 e. The molecule has 19 heavy (non-hydrogen) atoms. The maximum atomic E-state index is 10.9. The Labute approximate surface area is 111 Å². The van der Waals surface area contributed by atoms with Crippen LogP contribution in [-0.2, 0) is 16.0 Å². The van der Waals surface area contributed by atoms with Gasteiger partial charge in [-0.25, -0.2) is 0 Å². The molecule has 1 rings (SSSR count). The molecule has 104 valence electrons. The summed E-state index contributed by atoms with van der Waals surface area (Å²) in [5.41, 5.74) is 1.26. The van der Waals surface area contributed by atoms with E-state index in [9.17, 15) is 19.8 Å². The summed E-state index contributed by atoms with van der Waals surface area (Å²) in [6.07, 6.45) is 2.79. The van der Waals surface area contributed by atoms with E-state index in [-0.39, 0.29) is 23.0 Å². The van der Waals surface area contributed by atoms with Crippen LogP contribution in [0, 0.1) is 6.92 Å². The Bertz CT molecular complexity index is 479. The molecule has 5 heteroatoms. The molecule has 1 aromatic carbocycles. The van der Waals surface area contributed by atoms with Crippen molar-refractivity contribution in [3.63, 3.8) is 0 Å². The Kier molecular flexibility index (Phi) is 5.36. The number of unbranched alkanes of at least 4 members (excludes halogenated alkanes) is 1. The monoisotopic (exact) mass is 266 g/mol. The summed E-state index contributed by atoms with van der Waals surface area (Å²) in [6, 6.07) is 1.48. The third-order valence-electron chi connectivity index (χ3n) is 3.10. The van der Waals surface area contributed by atoms with Gasteiger partial charge >= 0.3 is 5.97 Å². The third-order valence-corrected chi connectivity index (χ3v) is 3.10. The molecular weight excluding hydrogens is 248 g/mol. The van der Waals surface area contributed by atoms with Crippen LogP contribution in [0.2, 0.25) is 0 Å². The predicted molar refractivity (Wildman–Crippen MR) is 69.5 cm³/mol. The molecular formula is C14H18O5. The van der Waals surface area contributed by atoms with E-state index < -0.39 is 0 Å². The Morgan fingerprint density at radius 1 is 1.37 bits per heavy atom. The quantitative estimate of drug-likeness (QED) is 0.468. The smallest absolute Gasteiger partial charge is 0.305 e. The van der Waals surface area contributed by atoms with Crippen LogP contribution in [0.4, 0.5) is 0 Å². The van der Waals surface area contributed by atoms with Crippen molar-refractivity contribution in [2.24, 2.45) is 0 Å². The Morgan fingerprint density at radius 3 is 2.63 bits per heavy atom. The highest BCUT2D eigenvalue weighted by atomic mass is 16.5. The number of aryl methyl sites for hydroxylation is 1. The van der Waals surface area contributed by atoms with Gasteiger partial charge in [-0.2, -0.15) is 0 Å². The Morgan fingerprint density at radius 2 is 2.05 bits per heavy atom. The van der Waals surface area contributed by atoms with Gasteiger partial charge < -0.3 is 14.9 Å². The van der Waals surface area contributed by atoms with Crippen molar-refractivity contribution >= 4 is 12.3 Å². The zero-order valence-corrected chi connectivity index (χ0v) is 11.1. The van der Waals surface area contributed by atoms with E-state index in [0.717, 1.165) is 12.0 Å². The lowest BCUT2D eigenvalue weighted by atomic mass is 9.98. The van der Waals surface area contributed by atoms with Crippen molar-refractivity contribution in [3.05, 3.63) is 22.8 Å². The summed E-state index contributed by atoms with van der Waals surface area (Å²) >= 11 is 0. The molecule has 0 heterocycles. The van der Waals surface area contributed by atoms with Crippen LogP contribution in [0.3, 0.4) is 0 Å². The number of esters is 1. The molecule has 0 unspecified atom stereocenters. The van der Waals surface area contributed by atoms with Gasteiger partial charge in [0.1, 0.15) is 11.5 Å². The first-order valence-corrected chi connectivity index (χ1v) is 6.07. The normalized spacial score (nSPS) is 10.2. The Hall–Kier alpha value is -2.04. The molecule has 0 radical (unpaired) electrons. The molecule has 0 aliphatic rings. The second-order valence-corrected chi connectivity index (χ2v) is 4.34. The summed E-state index contributed by atoms with van der Waals surface area (Å²) in [5, 5.41) is 19.4. The summed E-state index contributed by atoms with van der Waals surface area (Å²) in [5.74, 6) is -0.655. The summed E-state index contributed by atoms with van der Waals surface area (Å²) in [7, 11) is 1.35. The fourth-order valence-electron chi connectivity index (χ4n) is 1.89. The second kappa shape index (κ2) is 6.78. The molecule has 0 bridgehead atoms. The predicted octanol–water partition coefficient (Wildman–Crippen LogP) is 2.10. The molecule has 0 aromatic heterocycles. The number of hydrogen-bond donors (Lipinski definition) is 2. The minimum atomic E-state index is -0.251. The minimum Gasteiger partial charge on any atom is -0.507 e. The molecule has 2 N–H and O–H groups in total. The number of carbonyl (C=O) groups is 2. The van der Waals surface area contributed by atoms with Crippen LogP contribution >= 0.6 is 0 Å². The highest BCUT2D eigenvalue weighted by molar-refractivity contribution is 5.84. The SMILES string of the molecule is COC(=O)CCCCc1cc(O)c(C=O)c(O)c1C. The van der Waals surface area contributed by atoms with Crippen LogP contribution in [0.5, 0.6) is 11.5 Å². The first-order chi connectivity index (χ1) is 9.01. The van der Waals surface area contributed by atoms with E-state index in [2.05, 4.69) is 4.74 Å². The van der Waals surface area contributed by atoms with E-state index in [1.54, 1.807) is 6.92 Å². The van der Waals surface area contributed by atoms with E-state index in [1.807, 2.05) is 0 Å². The zero-order valence-electron chi connectivity index (χ0n) is 11.1. The van der Waals surface area contributed by atoms with Crippen molar-refractivity contribution in [2.45, 2.75) is 32.6 Å². The molecule has 0 spiro atoms. The molecule has 0 amide bonds. The van der Waals surface area contributed by atoms with E-state index in [4.69, 9.17) is 0 Å². The summed E-state index contributed by atoms with van der Waals surface area (Å²) in [6.45, 7) is 1.69. The lowest BCUT2D eigenvalue weighted by molar-refractivity contribution is -0.140. The maximum Gasteiger partial charge on any atom is 0.305 e. The average molecular weight is 266 g/mol. The van der Waals surface area contributed by atoms with Crippen LogP contribution in [0.25, 0.3) is 0 Å². The molecule has 0 aliphatic heterocycles. The van der Waals surface area contributed by atoms with Crippen molar-refractivity contribution in [2.75, 3.05) is 7.11 Å². The number of phenols is 2. The van der Waals surface area contributed by atoms with Crippen molar-refractivity contribution in [1.29, 1.82) is 0 Å². The highest BCUT2D eigenvalue weighted by Crippen LogP contribution is 2.32. The van der Waals surface area contributed by atoms with E-state index in [0.29, 0.717) is 31.1 Å². The number of benzene rings is 1. The first kappa shape index (κ1) is 15.0. The molecule has 0 atom stereocenters. The van der Waals surface area contributed by atoms with Gasteiger partial charge in [-0.05, 0) is 43.4 Å². The number of aldehydes is 1. The van der Waals surface area contributed by atoms with Gasteiger partial charge in [0.25, 0.3) is 0 Å². The topological polar surface area (TPSA) is 83.8 Å². The standard InChI is InChI=1S/C14H18O5/c1-9-10(5-3-4-6-13(17)19-2)7-12(16)11(8-15)14(9)18/h7-8,16,18H,3-6H2,1-2H3. The summed E-state index contributed by atoms with van der Waals surface area (Å²) in [4.78, 5) is 21.6. The van der Waals surface area contributed by atoms with Crippen molar-refractivity contribution < 1.29 is 24.5 Å².